The van der Waals surface area contributed by atoms with E-state index >= 15 is 0 Å². The number of aryl methyl sites for hydroxylation is 1. The van der Waals surface area contributed by atoms with E-state index < -0.39 is 10.6 Å². The quantitative estimate of drug-likeness (QED) is 0.516. The molecule has 1 fully saturated rings. The maximum Gasteiger partial charge on any atom is 0.131 e. The Hall–Kier alpha value is -2.32. The molecule has 3 heterocycles. The Morgan fingerprint density at radius 2 is 1.90 bits per heavy atom. The van der Waals surface area contributed by atoms with Gasteiger partial charge in [0.2, 0.25) is 0 Å². The lowest BCUT2D eigenvalue weighted by atomic mass is 10.1. The predicted octanol–water partition coefficient (Wildman–Crippen LogP) is 5.26. The van der Waals surface area contributed by atoms with Gasteiger partial charge in [0, 0.05) is 49.5 Å². The molecule has 0 spiro atoms. The smallest absolute Gasteiger partial charge is 0.131 e. The molecule has 2 aliphatic heterocycles. The number of nitrogens with zero attached hydrogens (tertiary/aromatic N) is 2. The Labute approximate surface area is 184 Å². The van der Waals surface area contributed by atoms with Crippen LogP contribution in [0.4, 0.5) is 11.5 Å². The second-order valence-corrected chi connectivity index (χ2v) is 10.7. The van der Waals surface area contributed by atoms with E-state index in [1.807, 2.05) is 24.3 Å². The summed E-state index contributed by atoms with van der Waals surface area (Å²) in [4.78, 5) is 7.79. The van der Waals surface area contributed by atoms with E-state index in [0.717, 1.165) is 54.0 Å². The number of rotatable bonds is 3. The normalized spacial score (nSPS) is 20.2. The van der Waals surface area contributed by atoms with Crippen LogP contribution in [0.1, 0.15) is 24.0 Å². The Bertz CT molecular complexity index is 1100. The number of hydrogen-bond acceptors (Lipinski definition) is 6. The Morgan fingerprint density at radius 1 is 1.10 bits per heavy atom. The van der Waals surface area contributed by atoms with E-state index in [1.54, 1.807) is 0 Å². The fourth-order valence-electron chi connectivity index (χ4n) is 4.45. The van der Waals surface area contributed by atoms with E-state index in [2.05, 4.69) is 41.4 Å². The third-order valence-corrected chi connectivity index (χ3v) is 8.04. The van der Waals surface area contributed by atoms with Crippen molar-refractivity contribution in [2.75, 3.05) is 35.7 Å². The van der Waals surface area contributed by atoms with Gasteiger partial charge in [-0.1, -0.05) is 29.8 Å². The van der Waals surface area contributed by atoms with Gasteiger partial charge in [0.1, 0.15) is 5.82 Å². The number of benzene rings is 2. The first-order valence-corrected chi connectivity index (χ1v) is 12.6. The third-order valence-electron chi connectivity index (χ3n) is 6.19. The number of nitrogens with one attached hydrogen (secondary N) is 1. The molecule has 6 nitrogen and oxygen atoms in total. The Kier molecular flexibility index (Phi) is 5.52. The number of ether oxygens (including phenoxy) is 1. The van der Waals surface area contributed by atoms with Crippen LogP contribution < -0.4 is 10.2 Å². The van der Waals surface area contributed by atoms with Crippen molar-refractivity contribution in [2.45, 2.75) is 37.2 Å². The summed E-state index contributed by atoms with van der Waals surface area (Å²) in [5.41, 5.74) is 4.18. The first-order valence-electron chi connectivity index (χ1n) is 10.8. The molecule has 3 aromatic rings. The molecular weight excluding hydrogens is 410 g/mol. The highest BCUT2D eigenvalue weighted by Crippen LogP contribution is 2.51. The van der Waals surface area contributed by atoms with Crippen molar-refractivity contribution < 1.29 is 13.8 Å². The Balaban J connectivity index is 1.54. The van der Waals surface area contributed by atoms with Gasteiger partial charge in [-0.3, -0.25) is 9.11 Å². The van der Waals surface area contributed by atoms with E-state index in [0.29, 0.717) is 29.8 Å². The number of fused-ring (bicyclic) bond motifs is 2. The van der Waals surface area contributed by atoms with Gasteiger partial charge in [-0.25, -0.2) is 4.98 Å². The fourth-order valence-corrected chi connectivity index (χ4v) is 5.99. The maximum atomic E-state index is 10.7. The highest BCUT2D eigenvalue weighted by atomic mass is 32.3. The van der Waals surface area contributed by atoms with Crippen LogP contribution in [0, 0.1) is 6.92 Å². The number of aromatic nitrogens is 1. The molecule has 2 aliphatic rings. The minimum Gasteiger partial charge on any atom is -0.381 e. The molecule has 0 saturated carbocycles. The monoisotopic (exact) mass is 439 g/mol. The van der Waals surface area contributed by atoms with Gasteiger partial charge in [0.15, 0.2) is 0 Å². The van der Waals surface area contributed by atoms with Crippen molar-refractivity contribution in [3.63, 3.8) is 0 Å². The minimum absolute atomic E-state index is 0.306. The summed E-state index contributed by atoms with van der Waals surface area (Å²) >= 11 is 0. The van der Waals surface area contributed by atoms with Crippen LogP contribution in [0.2, 0.25) is 0 Å². The van der Waals surface area contributed by atoms with Gasteiger partial charge in [0.25, 0.3) is 0 Å². The van der Waals surface area contributed by atoms with E-state index in [9.17, 15) is 9.11 Å². The number of hydrogen-bond donors (Lipinski definition) is 3. The summed E-state index contributed by atoms with van der Waals surface area (Å²) in [7, 11) is -2.80. The molecule has 2 aromatic carbocycles. The van der Waals surface area contributed by atoms with Gasteiger partial charge < -0.3 is 15.0 Å². The molecule has 31 heavy (non-hydrogen) atoms. The largest absolute Gasteiger partial charge is 0.381 e. The summed E-state index contributed by atoms with van der Waals surface area (Å²) in [6, 6.07) is 16.5. The van der Waals surface area contributed by atoms with Crippen molar-refractivity contribution in [3.8, 4) is 0 Å². The number of pyridine rings is 1. The zero-order valence-electron chi connectivity index (χ0n) is 17.8. The molecule has 0 amide bonds. The predicted molar refractivity (Wildman–Crippen MR) is 127 cm³/mol. The van der Waals surface area contributed by atoms with Crippen LogP contribution in [0.5, 0.6) is 0 Å². The Morgan fingerprint density at radius 3 is 2.74 bits per heavy atom. The zero-order chi connectivity index (χ0) is 21.4. The van der Waals surface area contributed by atoms with Gasteiger partial charge in [0.05, 0.1) is 16.2 Å². The van der Waals surface area contributed by atoms with Crippen LogP contribution in [-0.2, 0) is 11.3 Å². The molecule has 0 atom stereocenters. The zero-order valence-corrected chi connectivity index (χ0v) is 18.6. The summed E-state index contributed by atoms with van der Waals surface area (Å²) in [5.74, 6) is 1.16. The standard InChI is InChI=1S/C24H29N3O3S/c1-17-6-7-21-20(14-17)22(25-19-8-11-30-12-9-19)15-24(26-21)27-10-13-31(28,29)23-5-3-2-4-18(23)16-27/h2-7,14-15,19,28-29H,8-13,16H2,1H3,(H,25,26). The molecule has 7 heteroatoms. The van der Waals surface area contributed by atoms with Crippen LogP contribution in [0.3, 0.4) is 0 Å². The molecular formula is C24H29N3O3S. The van der Waals surface area contributed by atoms with Gasteiger partial charge in [-0.05, 0) is 43.5 Å². The molecule has 0 aliphatic carbocycles. The second-order valence-electron chi connectivity index (χ2n) is 8.48. The van der Waals surface area contributed by atoms with Crippen LogP contribution in [0.25, 0.3) is 10.9 Å². The summed E-state index contributed by atoms with van der Waals surface area (Å²) in [5, 5.41) is 4.86. The van der Waals surface area contributed by atoms with Crippen molar-refractivity contribution in [1.82, 2.24) is 4.98 Å². The topological polar surface area (TPSA) is 77.9 Å². The second kappa shape index (κ2) is 8.31. The highest BCUT2D eigenvalue weighted by molar-refractivity contribution is 8.24. The van der Waals surface area contributed by atoms with Gasteiger partial charge >= 0.3 is 0 Å². The number of anilines is 2. The molecule has 3 N–H and O–H groups in total. The molecule has 164 valence electrons. The average molecular weight is 440 g/mol. The SMILES string of the molecule is Cc1ccc2nc(N3CCS(O)(O)c4ccccc4C3)cc(NC3CCOCC3)c2c1. The van der Waals surface area contributed by atoms with Crippen molar-refractivity contribution in [3.05, 3.63) is 59.7 Å². The maximum absolute atomic E-state index is 10.7. The van der Waals surface area contributed by atoms with Crippen molar-refractivity contribution >= 4 is 33.0 Å². The van der Waals surface area contributed by atoms with E-state index in [4.69, 9.17) is 9.72 Å². The molecule has 0 radical (unpaired) electrons. The van der Waals surface area contributed by atoms with E-state index in [-0.39, 0.29) is 0 Å². The van der Waals surface area contributed by atoms with Crippen molar-refractivity contribution in [2.24, 2.45) is 0 Å². The fraction of sp³-hybridized carbons (Fsp3) is 0.375. The molecule has 0 bridgehead atoms. The minimum atomic E-state index is -2.80. The van der Waals surface area contributed by atoms with Crippen LogP contribution >= 0.6 is 10.6 Å². The molecule has 5 rings (SSSR count). The van der Waals surface area contributed by atoms with Crippen LogP contribution in [-0.4, -0.2) is 45.6 Å². The highest BCUT2D eigenvalue weighted by Gasteiger charge is 2.27. The average Bonchev–Trinajstić information content (AvgIpc) is 2.91. The lowest BCUT2D eigenvalue weighted by molar-refractivity contribution is 0.0905. The van der Waals surface area contributed by atoms with Crippen LogP contribution in [0.15, 0.2) is 53.4 Å². The van der Waals surface area contributed by atoms with E-state index in [1.165, 1.54) is 5.56 Å². The van der Waals surface area contributed by atoms with Gasteiger partial charge in [-0.2, -0.15) is 10.6 Å². The lowest BCUT2D eigenvalue weighted by Gasteiger charge is -2.32. The summed E-state index contributed by atoms with van der Waals surface area (Å²) in [6.07, 6.45) is 1.98. The third kappa shape index (κ3) is 4.23. The summed E-state index contributed by atoms with van der Waals surface area (Å²) < 4.78 is 26.9. The molecule has 1 saturated heterocycles. The molecule has 0 unspecified atom stereocenters. The first kappa shape index (κ1) is 20.6. The lowest BCUT2D eigenvalue weighted by Crippen LogP contribution is -2.29. The molecule has 1 aromatic heterocycles. The first-order chi connectivity index (χ1) is 15.0. The van der Waals surface area contributed by atoms with Crippen molar-refractivity contribution in [1.29, 1.82) is 0 Å². The summed E-state index contributed by atoms with van der Waals surface area (Å²) in [6.45, 7) is 4.81. The van der Waals surface area contributed by atoms with Gasteiger partial charge in [-0.15, -0.1) is 0 Å².